The molecule has 3 aromatic carbocycles. The fourth-order valence-electron chi connectivity index (χ4n) is 4.04. The molecule has 0 saturated carbocycles. The van der Waals surface area contributed by atoms with Gasteiger partial charge >= 0.3 is 0 Å². The molecular weight excluding hydrogens is 432 g/mol. The lowest BCUT2D eigenvalue weighted by Gasteiger charge is -2.19. The first-order valence-electron chi connectivity index (χ1n) is 10.9. The van der Waals surface area contributed by atoms with Gasteiger partial charge in [0.1, 0.15) is 5.70 Å². The highest BCUT2D eigenvalue weighted by atomic mass is 35.5. The number of carbonyl (C=O) groups is 2. The Morgan fingerprint density at radius 3 is 2.15 bits per heavy atom. The molecule has 0 aliphatic carbocycles. The van der Waals surface area contributed by atoms with Gasteiger partial charge in [0.15, 0.2) is 0 Å². The van der Waals surface area contributed by atoms with Crippen LogP contribution in [0.5, 0.6) is 0 Å². The number of nitrogens with zero attached hydrogens (tertiary/aromatic N) is 1. The molecule has 0 radical (unpaired) electrons. The molecule has 4 rings (SSSR count). The van der Waals surface area contributed by atoms with Gasteiger partial charge < -0.3 is 5.32 Å². The van der Waals surface area contributed by atoms with Crippen LogP contribution in [-0.2, 0) is 15.0 Å². The number of carbonyl (C=O) groups excluding carboxylic acids is 2. The number of benzene rings is 3. The van der Waals surface area contributed by atoms with Crippen LogP contribution >= 0.6 is 11.6 Å². The minimum absolute atomic E-state index is 0.0183. The van der Waals surface area contributed by atoms with E-state index in [1.807, 2.05) is 56.3 Å². The third-order valence-corrected chi connectivity index (χ3v) is 6.06. The molecule has 3 aromatic rings. The molecule has 4 nitrogen and oxygen atoms in total. The molecule has 1 aliphatic heterocycles. The summed E-state index contributed by atoms with van der Waals surface area (Å²) in [6.45, 7) is 10.4. The van der Waals surface area contributed by atoms with E-state index in [-0.39, 0.29) is 17.0 Å². The predicted molar refractivity (Wildman–Crippen MR) is 136 cm³/mol. The maximum Gasteiger partial charge on any atom is 0.282 e. The van der Waals surface area contributed by atoms with Crippen molar-refractivity contribution >= 4 is 40.4 Å². The second-order valence-electron chi connectivity index (χ2n) is 9.45. The van der Waals surface area contributed by atoms with E-state index in [9.17, 15) is 9.59 Å². The van der Waals surface area contributed by atoms with Crippen LogP contribution in [0.25, 0.3) is 5.57 Å². The van der Waals surface area contributed by atoms with Gasteiger partial charge in [0, 0.05) is 10.7 Å². The molecule has 1 aliphatic rings. The highest BCUT2D eigenvalue weighted by Crippen LogP contribution is 2.36. The van der Waals surface area contributed by atoms with Crippen LogP contribution < -0.4 is 10.2 Å². The van der Waals surface area contributed by atoms with Crippen LogP contribution in [0.15, 0.2) is 72.4 Å². The zero-order valence-electron chi connectivity index (χ0n) is 19.5. The van der Waals surface area contributed by atoms with E-state index in [4.69, 9.17) is 11.6 Å². The standard InChI is InChI=1S/C28H27ClN2O2/c1-17-9-14-23(18(2)15-17)24-25(30-21-12-10-19(11-13-21)28(3,4)5)27(33)31(26(24)32)22-8-6-7-20(29)16-22/h6-16,30H,1-5H3. The van der Waals surface area contributed by atoms with Crippen molar-refractivity contribution in [2.75, 3.05) is 10.2 Å². The highest BCUT2D eigenvalue weighted by molar-refractivity contribution is 6.46. The Kier molecular flexibility index (Phi) is 5.89. The number of rotatable bonds is 4. The number of aryl methyl sites for hydroxylation is 2. The smallest absolute Gasteiger partial charge is 0.282 e. The quantitative estimate of drug-likeness (QED) is 0.445. The van der Waals surface area contributed by atoms with Gasteiger partial charge in [-0.3, -0.25) is 9.59 Å². The Morgan fingerprint density at radius 2 is 1.55 bits per heavy atom. The molecular formula is C28H27ClN2O2. The van der Waals surface area contributed by atoms with Gasteiger partial charge in [-0.2, -0.15) is 0 Å². The number of amides is 2. The lowest BCUT2D eigenvalue weighted by Crippen LogP contribution is -2.32. The zero-order valence-corrected chi connectivity index (χ0v) is 20.2. The van der Waals surface area contributed by atoms with Gasteiger partial charge in [-0.1, -0.05) is 74.3 Å². The van der Waals surface area contributed by atoms with Crippen LogP contribution in [-0.4, -0.2) is 11.8 Å². The van der Waals surface area contributed by atoms with Crippen LogP contribution in [0.4, 0.5) is 11.4 Å². The Labute approximate surface area is 199 Å². The summed E-state index contributed by atoms with van der Waals surface area (Å²) in [7, 11) is 0. The van der Waals surface area contributed by atoms with Crippen molar-refractivity contribution in [1.29, 1.82) is 0 Å². The number of imide groups is 1. The number of anilines is 2. The van der Waals surface area contributed by atoms with E-state index < -0.39 is 5.91 Å². The van der Waals surface area contributed by atoms with Crippen molar-refractivity contribution in [3.63, 3.8) is 0 Å². The molecule has 33 heavy (non-hydrogen) atoms. The van der Waals surface area contributed by atoms with Crippen molar-refractivity contribution in [2.24, 2.45) is 0 Å². The van der Waals surface area contributed by atoms with Gasteiger partial charge in [0.05, 0.1) is 11.3 Å². The summed E-state index contributed by atoms with van der Waals surface area (Å²) >= 11 is 6.15. The molecule has 168 valence electrons. The molecule has 2 amide bonds. The van der Waals surface area contributed by atoms with E-state index >= 15 is 0 Å². The van der Waals surface area contributed by atoms with Gasteiger partial charge in [-0.05, 0) is 66.3 Å². The average molecular weight is 459 g/mol. The third-order valence-electron chi connectivity index (χ3n) is 5.82. The summed E-state index contributed by atoms with van der Waals surface area (Å²) in [5, 5.41) is 3.70. The molecule has 0 aromatic heterocycles. The minimum Gasteiger partial charge on any atom is -0.350 e. The number of nitrogens with one attached hydrogen (secondary N) is 1. The topological polar surface area (TPSA) is 49.4 Å². The molecule has 1 heterocycles. The van der Waals surface area contributed by atoms with Crippen LogP contribution in [0.3, 0.4) is 0 Å². The van der Waals surface area contributed by atoms with E-state index in [1.54, 1.807) is 24.3 Å². The monoisotopic (exact) mass is 458 g/mol. The number of halogens is 1. The summed E-state index contributed by atoms with van der Waals surface area (Å²) in [6, 6.07) is 20.6. The summed E-state index contributed by atoms with van der Waals surface area (Å²) < 4.78 is 0. The fraction of sp³-hybridized carbons (Fsp3) is 0.214. The molecule has 0 fully saturated rings. The first-order chi connectivity index (χ1) is 15.6. The van der Waals surface area contributed by atoms with Gasteiger partial charge in [0.2, 0.25) is 0 Å². The van der Waals surface area contributed by atoms with Crippen molar-refractivity contribution in [3.8, 4) is 0 Å². The average Bonchev–Trinajstić information content (AvgIpc) is 2.97. The second-order valence-corrected chi connectivity index (χ2v) is 9.88. The molecule has 0 saturated heterocycles. The Morgan fingerprint density at radius 1 is 0.848 bits per heavy atom. The van der Waals surface area contributed by atoms with E-state index in [0.717, 1.165) is 22.4 Å². The minimum atomic E-state index is -0.405. The first kappa shape index (κ1) is 22.8. The van der Waals surface area contributed by atoms with E-state index in [0.29, 0.717) is 16.3 Å². The Bertz CT molecular complexity index is 1280. The lowest BCUT2D eigenvalue weighted by molar-refractivity contribution is -0.120. The second kappa shape index (κ2) is 8.53. The van der Waals surface area contributed by atoms with Crippen LogP contribution in [0.2, 0.25) is 5.02 Å². The van der Waals surface area contributed by atoms with Gasteiger partial charge in [-0.25, -0.2) is 4.90 Å². The Balaban J connectivity index is 1.82. The SMILES string of the molecule is Cc1ccc(C2=C(Nc3ccc(C(C)(C)C)cc3)C(=O)N(c3cccc(Cl)c3)C2=O)c(C)c1. The molecule has 0 spiro atoms. The molecule has 1 N–H and O–H groups in total. The maximum atomic E-state index is 13.6. The first-order valence-corrected chi connectivity index (χ1v) is 11.3. The molecule has 0 bridgehead atoms. The predicted octanol–water partition coefficient (Wildman–Crippen LogP) is 6.65. The van der Waals surface area contributed by atoms with E-state index in [1.165, 1.54) is 10.5 Å². The maximum absolute atomic E-state index is 13.6. The van der Waals surface area contributed by atoms with Crippen LogP contribution in [0.1, 0.15) is 43.0 Å². The van der Waals surface area contributed by atoms with Crippen molar-refractivity contribution in [2.45, 2.75) is 40.0 Å². The largest absolute Gasteiger partial charge is 0.350 e. The summed E-state index contributed by atoms with van der Waals surface area (Å²) in [4.78, 5) is 28.4. The fourth-order valence-corrected chi connectivity index (χ4v) is 4.22. The lowest BCUT2D eigenvalue weighted by atomic mass is 9.87. The number of hydrogen-bond donors (Lipinski definition) is 1. The van der Waals surface area contributed by atoms with Gasteiger partial charge in [-0.15, -0.1) is 0 Å². The molecule has 0 unspecified atom stereocenters. The summed E-state index contributed by atoms with van der Waals surface area (Å²) in [6.07, 6.45) is 0. The summed E-state index contributed by atoms with van der Waals surface area (Å²) in [5.74, 6) is -0.778. The van der Waals surface area contributed by atoms with Gasteiger partial charge in [0.25, 0.3) is 11.8 Å². The van der Waals surface area contributed by atoms with Crippen LogP contribution in [0, 0.1) is 13.8 Å². The van der Waals surface area contributed by atoms with Crippen molar-refractivity contribution in [3.05, 3.63) is 99.7 Å². The van der Waals surface area contributed by atoms with E-state index in [2.05, 4.69) is 26.1 Å². The third kappa shape index (κ3) is 4.44. The zero-order chi connectivity index (χ0) is 23.9. The summed E-state index contributed by atoms with van der Waals surface area (Å²) in [5.41, 5.74) is 5.77. The molecule has 0 atom stereocenters. The van der Waals surface area contributed by atoms with Crippen molar-refractivity contribution < 1.29 is 9.59 Å². The number of hydrogen-bond acceptors (Lipinski definition) is 3. The normalized spacial score (nSPS) is 14.3. The van der Waals surface area contributed by atoms with Crippen molar-refractivity contribution in [1.82, 2.24) is 0 Å². The Hall–Kier alpha value is -3.37. The highest BCUT2D eigenvalue weighted by Gasteiger charge is 2.40. The molecule has 5 heteroatoms.